The number of benzene rings is 1. The van der Waals surface area contributed by atoms with Crippen molar-refractivity contribution in [2.75, 3.05) is 13.2 Å². The van der Waals surface area contributed by atoms with Crippen LogP contribution in [0.5, 0.6) is 5.75 Å². The van der Waals surface area contributed by atoms with E-state index in [-0.39, 0.29) is 18.2 Å². The minimum absolute atomic E-state index is 0.164. The molecule has 2 atom stereocenters. The predicted molar refractivity (Wildman–Crippen MR) is 101 cm³/mol. The first-order valence-electron chi connectivity index (χ1n) is 9.97. The largest absolute Gasteiger partial charge is 0.490 e. The zero-order valence-corrected chi connectivity index (χ0v) is 15.7. The summed E-state index contributed by atoms with van der Waals surface area (Å²) in [6.45, 7) is 1.05. The molecule has 1 aromatic rings. The number of carbonyl (C=O) groups is 2. The van der Waals surface area contributed by atoms with E-state index >= 15 is 0 Å². The maximum Gasteiger partial charge on any atom is 0.326 e. The van der Waals surface area contributed by atoms with Gasteiger partial charge in [0.1, 0.15) is 11.8 Å². The summed E-state index contributed by atoms with van der Waals surface area (Å²) in [6.07, 6.45) is 7.36. The van der Waals surface area contributed by atoms with Gasteiger partial charge in [-0.1, -0.05) is 12.1 Å². The van der Waals surface area contributed by atoms with Crippen LogP contribution in [0.25, 0.3) is 0 Å². The van der Waals surface area contributed by atoms with Gasteiger partial charge in [0.15, 0.2) is 0 Å². The van der Waals surface area contributed by atoms with Crippen molar-refractivity contribution >= 4 is 11.9 Å². The first-order valence-corrected chi connectivity index (χ1v) is 9.97. The van der Waals surface area contributed by atoms with Gasteiger partial charge in [-0.2, -0.15) is 0 Å². The Morgan fingerprint density at radius 1 is 1.22 bits per heavy atom. The van der Waals surface area contributed by atoms with Crippen LogP contribution in [-0.4, -0.2) is 42.3 Å². The second kappa shape index (κ2) is 9.74. The number of rotatable bonds is 8. The molecule has 6 heteroatoms. The molecule has 0 radical (unpaired) electrons. The Bertz CT molecular complexity index is 635. The first-order chi connectivity index (χ1) is 13.1. The maximum absolute atomic E-state index is 12.3. The smallest absolute Gasteiger partial charge is 0.326 e. The van der Waals surface area contributed by atoms with Gasteiger partial charge in [-0.05, 0) is 62.6 Å². The van der Waals surface area contributed by atoms with Gasteiger partial charge in [0.25, 0.3) is 0 Å². The van der Waals surface area contributed by atoms with Crippen LogP contribution < -0.4 is 10.1 Å². The van der Waals surface area contributed by atoms with Crippen molar-refractivity contribution in [3.05, 3.63) is 29.8 Å². The van der Waals surface area contributed by atoms with Gasteiger partial charge < -0.3 is 19.9 Å². The highest BCUT2D eigenvalue weighted by Gasteiger charge is 2.31. The Labute approximate surface area is 160 Å². The van der Waals surface area contributed by atoms with Crippen molar-refractivity contribution in [3.63, 3.8) is 0 Å². The Balaban J connectivity index is 1.49. The second-order valence-corrected chi connectivity index (χ2v) is 7.53. The van der Waals surface area contributed by atoms with E-state index in [4.69, 9.17) is 9.47 Å². The number of ether oxygens (including phenoxy) is 2. The Morgan fingerprint density at radius 3 is 2.74 bits per heavy atom. The summed E-state index contributed by atoms with van der Waals surface area (Å²) in [5.41, 5.74) is 1.02. The van der Waals surface area contributed by atoms with Crippen LogP contribution in [0.15, 0.2) is 24.3 Å². The van der Waals surface area contributed by atoms with Crippen LogP contribution in [0, 0.1) is 5.92 Å². The lowest BCUT2D eigenvalue weighted by atomic mass is 9.93. The fourth-order valence-corrected chi connectivity index (χ4v) is 3.89. The lowest BCUT2D eigenvalue weighted by molar-refractivity contribution is -0.145. The van der Waals surface area contributed by atoms with E-state index in [1.54, 1.807) is 0 Å². The highest BCUT2D eigenvalue weighted by molar-refractivity contribution is 5.83. The van der Waals surface area contributed by atoms with E-state index < -0.39 is 12.0 Å². The van der Waals surface area contributed by atoms with E-state index in [1.165, 1.54) is 12.8 Å². The summed E-state index contributed by atoms with van der Waals surface area (Å²) in [4.78, 5) is 23.8. The number of aliphatic carboxylic acids is 1. The molecule has 6 nitrogen and oxygen atoms in total. The topological polar surface area (TPSA) is 84.9 Å². The summed E-state index contributed by atoms with van der Waals surface area (Å²) in [5, 5.41) is 12.1. The Hall–Kier alpha value is -2.08. The minimum atomic E-state index is -0.995. The fraction of sp³-hybridized carbons (Fsp3) is 0.619. The molecule has 3 rings (SSSR count). The van der Waals surface area contributed by atoms with Gasteiger partial charge in [-0.15, -0.1) is 0 Å². The first kappa shape index (κ1) is 19.7. The molecule has 1 saturated heterocycles. The zero-order chi connectivity index (χ0) is 19.1. The molecule has 0 spiro atoms. The summed E-state index contributed by atoms with van der Waals surface area (Å²) >= 11 is 0. The third-order valence-electron chi connectivity index (χ3n) is 5.39. The highest BCUT2D eigenvalue weighted by Crippen LogP contribution is 2.25. The van der Waals surface area contributed by atoms with Crippen LogP contribution in [0.2, 0.25) is 0 Å². The molecule has 0 aromatic heterocycles. The second-order valence-electron chi connectivity index (χ2n) is 7.53. The summed E-state index contributed by atoms with van der Waals surface area (Å²) in [7, 11) is 0. The number of carboxylic acids is 1. The molecule has 2 fully saturated rings. The van der Waals surface area contributed by atoms with E-state index in [2.05, 4.69) is 5.32 Å². The van der Waals surface area contributed by atoms with Crippen molar-refractivity contribution in [2.45, 2.75) is 63.5 Å². The number of amides is 1. The predicted octanol–water partition coefficient (Wildman–Crippen LogP) is 2.94. The van der Waals surface area contributed by atoms with Crippen molar-refractivity contribution in [1.29, 1.82) is 0 Å². The lowest BCUT2D eigenvalue weighted by Crippen LogP contribution is -2.48. The number of nitrogens with one attached hydrogen (secondary N) is 1. The maximum atomic E-state index is 12.3. The van der Waals surface area contributed by atoms with Gasteiger partial charge in [-0.3, -0.25) is 4.79 Å². The molecule has 0 bridgehead atoms. The van der Waals surface area contributed by atoms with E-state index in [9.17, 15) is 14.7 Å². The van der Waals surface area contributed by atoms with Crippen molar-refractivity contribution < 1.29 is 24.2 Å². The van der Waals surface area contributed by atoms with Gasteiger partial charge in [0.2, 0.25) is 5.91 Å². The zero-order valence-electron chi connectivity index (χ0n) is 15.7. The summed E-state index contributed by atoms with van der Waals surface area (Å²) in [6, 6.07) is 6.96. The standard InChI is InChI=1S/C21H29NO5/c23-19(22-20(21(24)25)16-6-4-12-26-14-16)11-10-15-5-3-9-18(13-15)27-17-7-1-2-8-17/h3,5,9,13,16-17,20H,1-2,4,6-8,10-12,14H2,(H,22,23)(H,24,25). The van der Waals surface area contributed by atoms with Crippen molar-refractivity contribution in [1.82, 2.24) is 5.32 Å². The quantitative estimate of drug-likeness (QED) is 0.730. The molecule has 1 aliphatic heterocycles. The fourth-order valence-electron chi connectivity index (χ4n) is 3.89. The van der Waals surface area contributed by atoms with Gasteiger partial charge >= 0.3 is 5.97 Å². The molecule has 1 aromatic carbocycles. The molecule has 1 saturated carbocycles. The van der Waals surface area contributed by atoms with Crippen LogP contribution in [0.1, 0.15) is 50.5 Å². The molecule has 2 unspecified atom stereocenters. The third kappa shape index (κ3) is 5.96. The highest BCUT2D eigenvalue weighted by atomic mass is 16.5. The third-order valence-corrected chi connectivity index (χ3v) is 5.39. The average molecular weight is 375 g/mol. The molecule has 1 aliphatic carbocycles. The van der Waals surface area contributed by atoms with Crippen LogP contribution >= 0.6 is 0 Å². The summed E-state index contributed by atoms with van der Waals surface area (Å²) in [5.74, 6) is -0.549. The number of carbonyl (C=O) groups excluding carboxylic acids is 1. The Morgan fingerprint density at radius 2 is 2.04 bits per heavy atom. The molecular formula is C21H29NO5. The van der Waals surface area contributed by atoms with Crippen LogP contribution in [0.4, 0.5) is 0 Å². The monoisotopic (exact) mass is 375 g/mol. The number of carboxylic acid groups (broad SMARTS) is 1. The Kier molecular flexibility index (Phi) is 7.10. The van der Waals surface area contributed by atoms with Crippen LogP contribution in [-0.2, 0) is 20.7 Å². The lowest BCUT2D eigenvalue weighted by Gasteiger charge is -2.28. The molecule has 148 valence electrons. The van der Waals surface area contributed by atoms with E-state index in [0.717, 1.165) is 37.0 Å². The number of hydrogen-bond acceptors (Lipinski definition) is 4. The van der Waals surface area contributed by atoms with Gasteiger partial charge in [-0.25, -0.2) is 4.79 Å². The number of aryl methyl sites for hydroxylation is 1. The molecule has 27 heavy (non-hydrogen) atoms. The SMILES string of the molecule is O=C(CCc1cccc(OC2CCCC2)c1)NC(C(=O)O)C1CCCOC1. The van der Waals surface area contributed by atoms with Crippen molar-refractivity contribution in [3.8, 4) is 5.75 Å². The summed E-state index contributed by atoms with van der Waals surface area (Å²) < 4.78 is 11.4. The molecule has 2 aliphatic rings. The van der Waals surface area contributed by atoms with Gasteiger partial charge in [0.05, 0.1) is 12.7 Å². The van der Waals surface area contributed by atoms with E-state index in [0.29, 0.717) is 25.7 Å². The number of hydrogen-bond donors (Lipinski definition) is 2. The van der Waals surface area contributed by atoms with Crippen molar-refractivity contribution in [2.24, 2.45) is 5.92 Å². The van der Waals surface area contributed by atoms with E-state index in [1.807, 2.05) is 24.3 Å². The average Bonchev–Trinajstić information content (AvgIpc) is 3.18. The molecule has 1 amide bonds. The minimum Gasteiger partial charge on any atom is -0.490 e. The normalized spacial score (nSPS) is 21.6. The molecule has 2 N–H and O–H groups in total. The van der Waals surface area contributed by atoms with Gasteiger partial charge in [0, 0.05) is 18.9 Å². The van der Waals surface area contributed by atoms with Crippen LogP contribution in [0.3, 0.4) is 0 Å². The molecular weight excluding hydrogens is 346 g/mol. The molecule has 1 heterocycles.